The first-order valence-corrected chi connectivity index (χ1v) is 12.7. The van der Waals surface area contributed by atoms with E-state index in [-0.39, 0.29) is 11.3 Å². The number of nitrogens with two attached hydrogens (primary N) is 1. The topological polar surface area (TPSA) is 70.7 Å². The number of rotatable bonds is 6. The molecule has 0 saturated carbocycles. The third kappa shape index (κ3) is 6.68. The summed E-state index contributed by atoms with van der Waals surface area (Å²) >= 11 is 0. The lowest BCUT2D eigenvalue weighted by Crippen LogP contribution is -2.26. The average molecular weight is 533 g/mol. The molecule has 2 aliphatic rings. The highest BCUT2D eigenvalue weighted by molar-refractivity contribution is 6.04. The first-order valence-electron chi connectivity index (χ1n) is 12.7. The largest absolute Gasteiger partial charge is 0.416 e. The van der Waals surface area contributed by atoms with Gasteiger partial charge in [-0.2, -0.15) is 13.2 Å². The second-order valence-electron chi connectivity index (χ2n) is 9.93. The Hall–Kier alpha value is -4.09. The first-order chi connectivity index (χ1) is 18.5. The second kappa shape index (κ2) is 11.3. The number of hydrogen-bond donors (Lipinski definition) is 2. The van der Waals surface area contributed by atoms with E-state index >= 15 is 0 Å². The predicted octanol–water partition coefficient (Wildman–Crippen LogP) is 6.01. The van der Waals surface area contributed by atoms with Gasteiger partial charge in [0.25, 0.3) is 5.91 Å². The van der Waals surface area contributed by atoms with Gasteiger partial charge >= 0.3 is 6.18 Å². The number of halogens is 3. The summed E-state index contributed by atoms with van der Waals surface area (Å²) in [6.45, 7) is 9.42. The molecular weight excluding hydrogens is 501 g/mol. The van der Waals surface area contributed by atoms with E-state index in [0.717, 1.165) is 49.2 Å². The highest BCUT2D eigenvalue weighted by atomic mass is 19.4. The van der Waals surface area contributed by atoms with E-state index in [1.165, 1.54) is 0 Å². The van der Waals surface area contributed by atoms with Gasteiger partial charge in [-0.15, -0.1) is 0 Å². The zero-order valence-corrected chi connectivity index (χ0v) is 22.0. The highest BCUT2D eigenvalue weighted by Crippen LogP contribution is 2.33. The molecule has 2 aromatic carbocycles. The number of benzene rings is 2. The van der Waals surface area contributed by atoms with Gasteiger partial charge in [-0.25, -0.2) is 0 Å². The maximum Gasteiger partial charge on any atom is 0.416 e. The SMILES string of the molecule is C=C/C=C\C1=C(N)C(C)(C#Cc2cc(C(=O)Nc3cc(CN4CCCC4)cc(C(F)(F)F)c3)ccc2C)N=C1. The van der Waals surface area contributed by atoms with Gasteiger partial charge in [0.1, 0.15) is 0 Å². The number of alkyl halides is 3. The number of anilines is 1. The Morgan fingerprint density at radius 3 is 2.67 bits per heavy atom. The van der Waals surface area contributed by atoms with E-state index in [9.17, 15) is 18.0 Å². The Bertz CT molecular complexity index is 1440. The van der Waals surface area contributed by atoms with E-state index in [0.29, 0.717) is 23.4 Å². The molecule has 1 amide bonds. The Balaban J connectivity index is 1.58. The van der Waals surface area contributed by atoms with Crippen molar-refractivity contribution in [1.29, 1.82) is 0 Å². The molecule has 1 saturated heterocycles. The van der Waals surface area contributed by atoms with Crippen molar-refractivity contribution in [2.75, 3.05) is 18.4 Å². The Morgan fingerprint density at radius 2 is 1.97 bits per heavy atom. The van der Waals surface area contributed by atoms with Crippen LogP contribution in [-0.2, 0) is 12.7 Å². The van der Waals surface area contributed by atoms with Crippen LogP contribution in [0.15, 0.2) is 77.5 Å². The van der Waals surface area contributed by atoms with E-state index < -0.39 is 23.2 Å². The van der Waals surface area contributed by atoms with Crippen molar-refractivity contribution in [3.05, 3.63) is 100 Å². The molecule has 0 aliphatic carbocycles. The first kappa shape index (κ1) is 27.9. The number of nitrogens with zero attached hydrogens (tertiary/aromatic N) is 2. The molecule has 4 rings (SSSR count). The standard InChI is InChI=1S/C31H31F3N4O/c1-4-5-8-25-19-36-30(3,28(25)35)12-11-23-17-24(10-9-21(23)2)29(39)37-27-16-22(20-38-13-6-7-14-38)15-26(18-27)31(32,33)34/h4-5,8-10,15-19H,1,6-7,13-14,20,35H2,2-3H3,(H,37,39)/b8-5-. The van der Waals surface area contributed by atoms with Crippen LogP contribution in [-0.4, -0.2) is 35.7 Å². The Kier molecular flexibility index (Phi) is 8.12. The number of carbonyl (C=O) groups is 1. The van der Waals surface area contributed by atoms with E-state index in [4.69, 9.17) is 5.73 Å². The number of allylic oxidation sites excluding steroid dienone is 4. The molecule has 0 spiro atoms. The third-order valence-electron chi connectivity index (χ3n) is 6.83. The normalized spacial score (nSPS) is 19.4. The Morgan fingerprint density at radius 1 is 1.23 bits per heavy atom. The molecular formula is C31H31F3N4O. The number of carbonyl (C=O) groups excluding carboxylic acids is 1. The predicted molar refractivity (Wildman–Crippen MR) is 149 cm³/mol. The molecule has 1 atom stereocenters. The quantitative estimate of drug-likeness (QED) is 0.354. The summed E-state index contributed by atoms with van der Waals surface area (Å²) in [5.41, 5.74) is 8.17. The van der Waals surface area contributed by atoms with Crippen LogP contribution in [0.3, 0.4) is 0 Å². The number of nitrogens with one attached hydrogen (secondary N) is 1. The van der Waals surface area contributed by atoms with Crippen molar-refractivity contribution in [3.8, 4) is 11.8 Å². The lowest BCUT2D eigenvalue weighted by Gasteiger charge is -2.18. The fourth-order valence-corrected chi connectivity index (χ4v) is 4.53. The van der Waals surface area contributed by atoms with Crippen LogP contribution in [0.5, 0.6) is 0 Å². The van der Waals surface area contributed by atoms with Crippen molar-refractivity contribution in [2.45, 2.75) is 44.9 Å². The second-order valence-corrected chi connectivity index (χ2v) is 9.93. The Labute approximate surface area is 227 Å². The van der Waals surface area contributed by atoms with E-state index in [1.54, 1.807) is 55.6 Å². The zero-order chi connectivity index (χ0) is 28.2. The smallest absolute Gasteiger partial charge is 0.399 e. The van der Waals surface area contributed by atoms with E-state index in [1.807, 2.05) is 6.92 Å². The summed E-state index contributed by atoms with van der Waals surface area (Å²) in [7, 11) is 0. The summed E-state index contributed by atoms with van der Waals surface area (Å²) in [6, 6.07) is 8.72. The van der Waals surface area contributed by atoms with Gasteiger partial charge in [0, 0.05) is 35.1 Å². The summed E-state index contributed by atoms with van der Waals surface area (Å²) < 4.78 is 40.8. The zero-order valence-electron chi connectivity index (χ0n) is 22.0. The van der Waals surface area contributed by atoms with Crippen LogP contribution >= 0.6 is 0 Å². The molecule has 3 N–H and O–H groups in total. The van der Waals surface area contributed by atoms with Crippen LogP contribution in [0.2, 0.25) is 0 Å². The van der Waals surface area contributed by atoms with Crippen molar-refractivity contribution >= 4 is 17.8 Å². The third-order valence-corrected chi connectivity index (χ3v) is 6.83. The fourth-order valence-electron chi connectivity index (χ4n) is 4.53. The molecule has 2 aromatic rings. The minimum Gasteiger partial charge on any atom is -0.399 e. The summed E-state index contributed by atoms with van der Waals surface area (Å²) in [5.74, 6) is 5.66. The van der Waals surface area contributed by atoms with Gasteiger partial charge in [0.05, 0.1) is 11.3 Å². The molecule has 8 heteroatoms. The number of amides is 1. The molecule has 1 unspecified atom stereocenters. The minimum absolute atomic E-state index is 0.100. The summed E-state index contributed by atoms with van der Waals surface area (Å²) in [4.78, 5) is 19.7. The maximum absolute atomic E-state index is 13.6. The molecule has 2 heterocycles. The summed E-state index contributed by atoms with van der Waals surface area (Å²) in [5, 5.41) is 2.65. The number of likely N-dealkylation sites (tertiary alicyclic amines) is 1. The monoisotopic (exact) mass is 532 g/mol. The van der Waals surface area contributed by atoms with Gasteiger partial charge in [0.2, 0.25) is 0 Å². The van der Waals surface area contributed by atoms with Gasteiger partial charge < -0.3 is 11.1 Å². The maximum atomic E-state index is 13.6. The molecule has 0 radical (unpaired) electrons. The van der Waals surface area contributed by atoms with Crippen LogP contribution in [0, 0.1) is 18.8 Å². The highest BCUT2D eigenvalue weighted by Gasteiger charge is 2.32. The van der Waals surface area contributed by atoms with E-state index in [2.05, 4.69) is 33.6 Å². The average Bonchev–Trinajstić information content (AvgIpc) is 3.49. The minimum atomic E-state index is -4.52. The molecule has 39 heavy (non-hydrogen) atoms. The molecule has 202 valence electrons. The molecule has 0 bridgehead atoms. The molecule has 0 aromatic heterocycles. The van der Waals surface area contributed by atoms with Gasteiger partial charge in [-0.05, 0) is 81.2 Å². The molecule has 1 fully saturated rings. The lowest BCUT2D eigenvalue weighted by molar-refractivity contribution is -0.137. The van der Waals surface area contributed by atoms with Crippen molar-refractivity contribution in [1.82, 2.24) is 4.90 Å². The van der Waals surface area contributed by atoms with Crippen LogP contribution < -0.4 is 11.1 Å². The molecule has 5 nitrogen and oxygen atoms in total. The van der Waals surface area contributed by atoms with Crippen molar-refractivity contribution in [3.63, 3.8) is 0 Å². The number of aryl methyl sites for hydroxylation is 1. The van der Waals surface area contributed by atoms with Crippen LogP contribution in [0.4, 0.5) is 18.9 Å². The van der Waals surface area contributed by atoms with Gasteiger partial charge in [-0.3, -0.25) is 14.7 Å². The lowest BCUT2D eigenvalue weighted by atomic mass is 9.97. The van der Waals surface area contributed by atoms with Crippen LogP contribution in [0.25, 0.3) is 0 Å². The van der Waals surface area contributed by atoms with Crippen molar-refractivity contribution in [2.24, 2.45) is 10.7 Å². The number of hydrogen-bond acceptors (Lipinski definition) is 4. The van der Waals surface area contributed by atoms with Gasteiger partial charge in [0.15, 0.2) is 5.54 Å². The fraction of sp³-hybridized carbons (Fsp3) is 0.290. The number of aliphatic imine (C=N–C) groups is 1. The van der Waals surface area contributed by atoms with Gasteiger partial charge in [-0.1, -0.05) is 42.7 Å². The molecule has 2 aliphatic heterocycles. The van der Waals surface area contributed by atoms with Crippen LogP contribution in [0.1, 0.15) is 52.4 Å². The summed E-state index contributed by atoms with van der Waals surface area (Å²) in [6.07, 6.45) is 4.41. The van der Waals surface area contributed by atoms with Crippen molar-refractivity contribution < 1.29 is 18.0 Å².